The Bertz CT molecular complexity index is 577. The van der Waals surface area contributed by atoms with Crippen LogP contribution in [0.5, 0.6) is 5.75 Å². The minimum absolute atomic E-state index is 0.186. The van der Waals surface area contributed by atoms with Gasteiger partial charge in [-0.1, -0.05) is 0 Å². The summed E-state index contributed by atoms with van der Waals surface area (Å²) in [6.07, 6.45) is 2.63. The van der Waals surface area contributed by atoms with Gasteiger partial charge in [0.2, 0.25) is 0 Å². The third kappa shape index (κ3) is 2.22. The highest BCUT2D eigenvalue weighted by molar-refractivity contribution is 7.90. The number of hydrogen-bond donors (Lipinski definition) is 2. The van der Waals surface area contributed by atoms with Gasteiger partial charge in [0.15, 0.2) is 9.84 Å². The summed E-state index contributed by atoms with van der Waals surface area (Å²) in [5, 5.41) is 13.1. The minimum atomic E-state index is -3.67. The summed E-state index contributed by atoms with van der Waals surface area (Å²) >= 11 is 0. The average Bonchev–Trinajstić information content (AvgIpc) is 2.67. The molecule has 0 saturated carbocycles. The highest BCUT2D eigenvalue weighted by atomic mass is 32.2. The van der Waals surface area contributed by atoms with Gasteiger partial charge in [-0.05, 0) is 32.4 Å². The van der Waals surface area contributed by atoms with Crippen LogP contribution in [0, 0.1) is 5.82 Å². The first-order valence-electron chi connectivity index (χ1n) is 5.72. The van der Waals surface area contributed by atoms with Gasteiger partial charge >= 0.3 is 0 Å². The summed E-state index contributed by atoms with van der Waals surface area (Å²) in [6.45, 7) is 2.67. The topological polar surface area (TPSA) is 66.4 Å². The van der Waals surface area contributed by atoms with Crippen LogP contribution in [0.2, 0.25) is 0 Å². The zero-order chi connectivity index (χ0) is 13.6. The van der Waals surface area contributed by atoms with Crippen LogP contribution in [0.15, 0.2) is 17.0 Å². The standard InChI is InChI=1S/C12H16FNO3S/c1-12(4-3-5-14-12)8-6-9(13)11(7-10(8)15)18(2,16)17/h6-7,14-15H,3-5H2,1-2H3. The van der Waals surface area contributed by atoms with Crippen molar-refractivity contribution in [3.63, 3.8) is 0 Å². The lowest BCUT2D eigenvalue weighted by Crippen LogP contribution is -2.33. The van der Waals surface area contributed by atoms with E-state index in [1.54, 1.807) is 0 Å². The monoisotopic (exact) mass is 273 g/mol. The summed E-state index contributed by atoms with van der Waals surface area (Å²) in [4.78, 5) is -0.467. The van der Waals surface area contributed by atoms with E-state index in [-0.39, 0.29) is 5.75 Å². The smallest absolute Gasteiger partial charge is 0.178 e. The molecule has 0 radical (unpaired) electrons. The molecule has 0 spiro atoms. The molecule has 1 aromatic rings. The van der Waals surface area contributed by atoms with Crippen molar-refractivity contribution in [3.05, 3.63) is 23.5 Å². The van der Waals surface area contributed by atoms with Crippen molar-refractivity contribution >= 4 is 9.84 Å². The van der Waals surface area contributed by atoms with E-state index in [1.165, 1.54) is 0 Å². The molecule has 1 aromatic carbocycles. The molecule has 4 nitrogen and oxygen atoms in total. The maximum absolute atomic E-state index is 13.8. The van der Waals surface area contributed by atoms with Crippen LogP contribution in [0.4, 0.5) is 4.39 Å². The minimum Gasteiger partial charge on any atom is -0.508 e. The molecule has 1 atom stereocenters. The first-order chi connectivity index (χ1) is 8.24. The number of nitrogens with one attached hydrogen (secondary N) is 1. The van der Waals surface area contributed by atoms with Gasteiger partial charge in [-0.3, -0.25) is 0 Å². The molecule has 6 heteroatoms. The van der Waals surface area contributed by atoms with Gasteiger partial charge in [0, 0.05) is 23.4 Å². The lowest BCUT2D eigenvalue weighted by atomic mass is 9.90. The molecular weight excluding hydrogens is 257 g/mol. The average molecular weight is 273 g/mol. The van der Waals surface area contributed by atoms with E-state index < -0.39 is 26.1 Å². The lowest BCUT2D eigenvalue weighted by Gasteiger charge is -2.26. The molecule has 2 N–H and O–H groups in total. The lowest BCUT2D eigenvalue weighted by molar-refractivity contribution is 0.388. The Balaban J connectivity index is 2.56. The SMILES string of the molecule is CC1(c2cc(F)c(S(C)(=O)=O)cc2O)CCCN1. The molecule has 1 aliphatic rings. The summed E-state index contributed by atoms with van der Waals surface area (Å²) in [6, 6.07) is 2.11. The maximum atomic E-state index is 13.8. The Morgan fingerprint density at radius 2 is 2.11 bits per heavy atom. The summed E-state index contributed by atoms with van der Waals surface area (Å²) in [7, 11) is -3.67. The van der Waals surface area contributed by atoms with Gasteiger partial charge in [-0.25, -0.2) is 12.8 Å². The van der Waals surface area contributed by atoms with Crippen molar-refractivity contribution < 1.29 is 17.9 Å². The third-order valence-corrected chi connectivity index (χ3v) is 4.52. The van der Waals surface area contributed by atoms with Gasteiger partial charge < -0.3 is 10.4 Å². The van der Waals surface area contributed by atoms with Crippen molar-refractivity contribution in [2.75, 3.05) is 12.8 Å². The molecule has 1 saturated heterocycles. The highest BCUT2D eigenvalue weighted by Gasteiger charge is 2.33. The van der Waals surface area contributed by atoms with Gasteiger partial charge in [-0.15, -0.1) is 0 Å². The summed E-state index contributed by atoms with van der Waals surface area (Å²) in [5.41, 5.74) is -0.0917. The van der Waals surface area contributed by atoms with Gasteiger partial charge in [0.25, 0.3) is 0 Å². The number of hydrogen-bond acceptors (Lipinski definition) is 4. The van der Waals surface area contributed by atoms with Crippen LogP contribution in [0.3, 0.4) is 0 Å². The largest absolute Gasteiger partial charge is 0.508 e. The van der Waals surface area contributed by atoms with Crippen molar-refractivity contribution in [2.24, 2.45) is 0 Å². The Hall–Kier alpha value is -1.14. The molecule has 0 bridgehead atoms. The second kappa shape index (κ2) is 4.20. The van der Waals surface area contributed by atoms with Crippen molar-refractivity contribution in [3.8, 4) is 5.75 Å². The first-order valence-corrected chi connectivity index (χ1v) is 7.61. The zero-order valence-electron chi connectivity index (χ0n) is 10.3. The normalized spacial score (nSPS) is 24.4. The van der Waals surface area contributed by atoms with Crippen molar-refractivity contribution in [2.45, 2.75) is 30.2 Å². The zero-order valence-corrected chi connectivity index (χ0v) is 11.1. The molecule has 1 heterocycles. The molecule has 0 aliphatic carbocycles. The summed E-state index contributed by atoms with van der Waals surface area (Å²) < 4.78 is 36.5. The fourth-order valence-electron chi connectivity index (χ4n) is 2.39. The van der Waals surface area contributed by atoms with E-state index in [0.29, 0.717) is 5.56 Å². The van der Waals surface area contributed by atoms with Gasteiger partial charge in [0.05, 0.1) is 0 Å². The van der Waals surface area contributed by atoms with Crippen LogP contribution in [0.1, 0.15) is 25.3 Å². The van der Waals surface area contributed by atoms with Crippen molar-refractivity contribution in [1.29, 1.82) is 0 Å². The molecule has 1 aliphatic heterocycles. The fraction of sp³-hybridized carbons (Fsp3) is 0.500. The van der Waals surface area contributed by atoms with Gasteiger partial charge in [0.1, 0.15) is 16.5 Å². The Morgan fingerprint density at radius 1 is 1.44 bits per heavy atom. The Morgan fingerprint density at radius 3 is 2.61 bits per heavy atom. The van der Waals surface area contributed by atoms with E-state index >= 15 is 0 Å². The maximum Gasteiger partial charge on any atom is 0.178 e. The van der Waals surface area contributed by atoms with E-state index in [0.717, 1.165) is 37.8 Å². The predicted molar refractivity (Wildman–Crippen MR) is 65.8 cm³/mol. The van der Waals surface area contributed by atoms with E-state index in [4.69, 9.17) is 0 Å². The number of benzene rings is 1. The van der Waals surface area contributed by atoms with Gasteiger partial charge in [-0.2, -0.15) is 0 Å². The summed E-state index contributed by atoms with van der Waals surface area (Å²) in [5.74, 6) is -1.01. The van der Waals surface area contributed by atoms with Crippen LogP contribution in [0.25, 0.3) is 0 Å². The van der Waals surface area contributed by atoms with Crippen LogP contribution in [-0.2, 0) is 15.4 Å². The number of phenolic OH excluding ortho intramolecular Hbond substituents is 1. The Labute approximate surface area is 106 Å². The second-order valence-electron chi connectivity index (χ2n) is 4.93. The van der Waals surface area contributed by atoms with Crippen molar-refractivity contribution in [1.82, 2.24) is 5.32 Å². The molecule has 0 aromatic heterocycles. The number of aromatic hydroxyl groups is 1. The van der Waals surface area contributed by atoms with Crippen LogP contribution < -0.4 is 5.32 Å². The molecule has 0 amide bonds. The molecular formula is C12H16FNO3S. The third-order valence-electron chi connectivity index (χ3n) is 3.41. The predicted octanol–water partition coefficient (Wildman–Crippen LogP) is 1.53. The molecule has 2 rings (SSSR count). The number of phenols is 1. The van der Waals surface area contributed by atoms with Crippen LogP contribution in [-0.4, -0.2) is 26.3 Å². The number of rotatable bonds is 2. The fourth-order valence-corrected chi connectivity index (χ4v) is 3.13. The first kappa shape index (κ1) is 13.3. The second-order valence-corrected chi connectivity index (χ2v) is 6.92. The van der Waals surface area contributed by atoms with E-state index in [9.17, 15) is 17.9 Å². The molecule has 100 valence electrons. The van der Waals surface area contributed by atoms with E-state index in [1.807, 2.05) is 6.92 Å². The quantitative estimate of drug-likeness (QED) is 0.857. The van der Waals surface area contributed by atoms with Crippen LogP contribution >= 0.6 is 0 Å². The molecule has 1 fully saturated rings. The van der Waals surface area contributed by atoms with E-state index in [2.05, 4.69) is 5.32 Å². The number of halogens is 1. The highest BCUT2D eigenvalue weighted by Crippen LogP contribution is 2.37. The number of sulfone groups is 1. The molecule has 18 heavy (non-hydrogen) atoms. The Kier molecular flexibility index (Phi) is 3.11. The molecule has 1 unspecified atom stereocenters.